The minimum atomic E-state index is 0.0892. The zero-order chi connectivity index (χ0) is 15.7. The Kier molecular flexibility index (Phi) is 8.26. The second-order valence-electron chi connectivity index (χ2n) is 4.60. The number of hydrogen-bond acceptors (Lipinski definition) is 5. The van der Waals surface area contributed by atoms with Crippen LogP contribution in [-0.2, 0) is 12.8 Å². The van der Waals surface area contributed by atoms with E-state index in [2.05, 4.69) is 24.3 Å². The van der Waals surface area contributed by atoms with Crippen LogP contribution in [0.4, 0.5) is 0 Å². The summed E-state index contributed by atoms with van der Waals surface area (Å²) in [6, 6.07) is 8.28. The fraction of sp³-hybridized carbons (Fsp3) is 0.429. The van der Waals surface area contributed by atoms with Crippen LogP contribution in [0.1, 0.15) is 17.5 Å². The lowest BCUT2D eigenvalue weighted by Gasteiger charge is -2.14. The molecule has 7 N–H and O–H groups in total. The Hall–Kier alpha value is -1.18. The van der Waals surface area contributed by atoms with Gasteiger partial charge >= 0.3 is 0 Å². The van der Waals surface area contributed by atoms with Crippen molar-refractivity contribution in [1.29, 1.82) is 10.8 Å². The summed E-state index contributed by atoms with van der Waals surface area (Å²) in [5.74, 6) is 0.808. The van der Waals surface area contributed by atoms with Gasteiger partial charge in [0.2, 0.25) is 0 Å². The van der Waals surface area contributed by atoms with E-state index in [1.165, 1.54) is 34.7 Å². The molecule has 1 aromatic carbocycles. The maximum Gasteiger partial charge on any atom is 0.151 e. The lowest BCUT2D eigenvalue weighted by molar-refractivity contribution is 0.287. The number of nitrogens with two attached hydrogens (primary N) is 2. The van der Waals surface area contributed by atoms with Crippen LogP contribution in [0.2, 0.25) is 0 Å². The van der Waals surface area contributed by atoms with Crippen molar-refractivity contribution in [3.63, 3.8) is 0 Å². The topological polar surface area (TPSA) is 120 Å². The first-order valence-corrected chi connectivity index (χ1v) is 8.54. The molecule has 0 aromatic heterocycles. The molecule has 0 bridgehead atoms. The third kappa shape index (κ3) is 7.99. The van der Waals surface area contributed by atoms with Crippen LogP contribution in [0.5, 0.6) is 0 Å². The van der Waals surface area contributed by atoms with E-state index in [1.54, 1.807) is 0 Å². The highest BCUT2D eigenvalue weighted by Gasteiger charge is 2.11. The lowest BCUT2D eigenvalue weighted by atomic mass is 10.0. The van der Waals surface area contributed by atoms with Crippen molar-refractivity contribution in [2.24, 2.45) is 11.5 Å². The minimum Gasteiger partial charge on any atom is -0.396 e. The number of aryl methyl sites for hydroxylation is 1. The Labute approximate surface area is 133 Å². The zero-order valence-electron chi connectivity index (χ0n) is 11.8. The third-order valence-corrected chi connectivity index (χ3v) is 4.59. The number of rotatable bonds is 8. The van der Waals surface area contributed by atoms with Gasteiger partial charge in [-0.1, -0.05) is 47.8 Å². The van der Waals surface area contributed by atoms with E-state index in [1.807, 2.05) is 0 Å². The fourth-order valence-electron chi connectivity index (χ4n) is 1.91. The largest absolute Gasteiger partial charge is 0.396 e. The Morgan fingerprint density at radius 3 is 2.24 bits per heavy atom. The fourth-order valence-corrected chi connectivity index (χ4v) is 3.33. The normalized spacial score (nSPS) is 12.0. The van der Waals surface area contributed by atoms with Gasteiger partial charge in [0.15, 0.2) is 10.3 Å². The molecule has 0 radical (unpaired) electrons. The van der Waals surface area contributed by atoms with Crippen LogP contribution >= 0.6 is 23.5 Å². The van der Waals surface area contributed by atoms with Gasteiger partial charge < -0.3 is 16.6 Å². The molecule has 7 heteroatoms. The first kappa shape index (κ1) is 17.9. The molecule has 0 saturated carbocycles. The van der Waals surface area contributed by atoms with Crippen molar-refractivity contribution in [1.82, 2.24) is 0 Å². The summed E-state index contributed by atoms with van der Waals surface area (Å²) in [7, 11) is 0. The third-order valence-electron chi connectivity index (χ3n) is 2.88. The van der Waals surface area contributed by atoms with Crippen molar-refractivity contribution in [3.05, 3.63) is 35.4 Å². The number of hydrogen-bond donors (Lipinski definition) is 5. The molecular formula is C14H22N4OS2. The quantitative estimate of drug-likeness (QED) is 0.368. The van der Waals surface area contributed by atoms with Crippen LogP contribution in [0, 0.1) is 10.8 Å². The van der Waals surface area contributed by atoms with Crippen LogP contribution in [0.3, 0.4) is 0 Å². The van der Waals surface area contributed by atoms with Gasteiger partial charge in [-0.25, -0.2) is 0 Å². The summed E-state index contributed by atoms with van der Waals surface area (Å²) < 4.78 is 0. The number of aliphatic hydroxyl groups is 1. The molecule has 0 aliphatic rings. The number of thioether (sulfide) groups is 2. The van der Waals surface area contributed by atoms with Crippen LogP contribution < -0.4 is 11.5 Å². The van der Waals surface area contributed by atoms with E-state index in [0.29, 0.717) is 6.42 Å². The molecule has 5 nitrogen and oxygen atoms in total. The highest BCUT2D eigenvalue weighted by molar-refractivity contribution is 8.14. The van der Waals surface area contributed by atoms with E-state index in [9.17, 15) is 0 Å². The molecular weight excluding hydrogens is 304 g/mol. The maximum atomic E-state index is 9.06. The highest BCUT2D eigenvalue weighted by atomic mass is 32.2. The SMILES string of the molecule is N=C(N)SCCc1ccc(C[C@@H](CCO)SC(=N)N)cc1. The molecule has 1 aromatic rings. The Morgan fingerprint density at radius 2 is 1.71 bits per heavy atom. The predicted octanol–water partition coefficient (Wildman–Crippen LogP) is 1.78. The monoisotopic (exact) mass is 326 g/mol. The van der Waals surface area contributed by atoms with Gasteiger partial charge in [-0.2, -0.15) is 0 Å². The van der Waals surface area contributed by atoms with Gasteiger partial charge in [-0.05, 0) is 30.4 Å². The Balaban J connectivity index is 2.51. The molecule has 0 saturated heterocycles. The van der Waals surface area contributed by atoms with Crippen LogP contribution in [0.15, 0.2) is 24.3 Å². The Morgan fingerprint density at radius 1 is 1.10 bits per heavy atom. The van der Waals surface area contributed by atoms with E-state index in [0.717, 1.165) is 18.6 Å². The van der Waals surface area contributed by atoms with Gasteiger partial charge in [-0.3, -0.25) is 10.8 Å². The van der Waals surface area contributed by atoms with Crippen molar-refractivity contribution in [3.8, 4) is 0 Å². The predicted molar refractivity (Wildman–Crippen MR) is 93.2 cm³/mol. The molecule has 0 unspecified atom stereocenters. The Bertz CT molecular complexity index is 465. The smallest absolute Gasteiger partial charge is 0.151 e. The lowest BCUT2D eigenvalue weighted by Crippen LogP contribution is -2.16. The van der Waals surface area contributed by atoms with Crippen molar-refractivity contribution in [2.45, 2.75) is 24.5 Å². The first-order chi connectivity index (χ1) is 10.0. The first-order valence-electron chi connectivity index (χ1n) is 6.67. The molecule has 116 valence electrons. The number of amidine groups is 2. The zero-order valence-corrected chi connectivity index (χ0v) is 13.5. The van der Waals surface area contributed by atoms with Gasteiger partial charge in [-0.15, -0.1) is 0 Å². The van der Waals surface area contributed by atoms with Crippen molar-refractivity contribution >= 4 is 33.9 Å². The summed E-state index contributed by atoms with van der Waals surface area (Å²) in [6.45, 7) is 0.102. The van der Waals surface area contributed by atoms with Gasteiger partial charge in [0, 0.05) is 17.6 Å². The molecule has 0 aliphatic carbocycles. The molecule has 0 spiro atoms. The minimum absolute atomic E-state index is 0.0892. The highest BCUT2D eigenvalue weighted by Crippen LogP contribution is 2.20. The number of aliphatic hydroxyl groups excluding tert-OH is 1. The number of benzene rings is 1. The number of nitrogens with one attached hydrogen (secondary N) is 2. The van der Waals surface area contributed by atoms with Crippen LogP contribution in [-0.4, -0.2) is 33.1 Å². The molecule has 0 aliphatic heterocycles. The summed E-state index contributed by atoms with van der Waals surface area (Å²) in [5.41, 5.74) is 13.1. The van der Waals surface area contributed by atoms with E-state index < -0.39 is 0 Å². The summed E-state index contributed by atoms with van der Waals surface area (Å²) in [4.78, 5) is 0. The molecule has 0 fully saturated rings. The van der Waals surface area contributed by atoms with Gasteiger partial charge in [0.25, 0.3) is 0 Å². The average molecular weight is 326 g/mol. The standard InChI is InChI=1S/C14H22N4OS2/c15-13(16)20-8-6-10-1-3-11(4-2-10)9-12(5-7-19)21-14(17)18/h1-4,12,19H,5-9H2,(H3,15,16)(H3,17,18)/t12-/m1/s1. The van der Waals surface area contributed by atoms with E-state index >= 15 is 0 Å². The molecule has 0 heterocycles. The summed E-state index contributed by atoms with van der Waals surface area (Å²) in [5, 5.41) is 23.9. The second-order valence-corrected chi connectivity index (χ2v) is 7.08. The van der Waals surface area contributed by atoms with Crippen molar-refractivity contribution in [2.75, 3.05) is 12.4 Å². The summed E-state index contributed by atoms with van der Waals surface area (Å²) >= 11 is 2.65. The van der Waals surface area contributed by atoms with Gasteiger partial charge in [0.05, 0.1) is 0 Å². The maximum absolute atomic E-state index is 9.06. The average Bonchev–Trinajstić information content (AvgIpc) is 2.40. The van der Waals surface area contributed by atoms with Crippen LogP contribution in [0.25, 0.3) is 0 Å². The molecule has 1 rings (SSSR count). The van der Waals surface area contributed by atoms with E-state index in [-0.39, 0.29) is 22.2 Å². The molecule has 21 heavy (non-hydrogen) atoms. The van der Waals surface area contributed by atoms with Gasteiger partial charge in [0.1, 0.15) is 0 Å². The summed E-state index contributed by atoms with van der Waals surface area (Å²) in [6.07, 6.45) is 2.29. The second kappa shape index (κ2) is 9.70. The van der Waals surface area contributed by atoms with Crippen molar-refractivity contribution < 1.29 is 5.11 Å². The molecule has 1 atom stereocenters. The van der Waals surface area contributed by atoms with E-state index in [4.69, 9.17) is 27.4 Å². The molecule has 0 amide bonds.